The van der Waals surface area contributed by atoms with E-state index in [0.29, 0.717) is 52.8 Å². The monoisotopic (exact) mass is 505 g/mol. The summed E-state index contributed by atoms with van der Waals surface area (Å²) in [5.41, 5.74) is 5.99. The Kier molecular flexibility index (Phi) is 7.41. The predicted octanol–water partition coefficient (Wildman–Crippen LogP) is 4.43. The molecule has 3 N–H and O–H groups in total. The molecule has 0 radical (unpaired) electrons. The number of nitrogens with two attached hydrogens (primary N) is 1. The van der Waals surface area contributed by atoms with Gasteiger partial charge in [-0.2, -0.15) is 13.2 Å². The number of morpholine rings is 1. The zero-order valence-corrected chi connectivity index (χ0v) is 20.6. The maximum absolute atomic E-state index is 13.3. The van der Waals surface area contributed by atoms with Gasteiger partial charge in [0.25, 0.3) is 0 Å². The standard InChI is InChI=1S/C25H30F3N5O3/c1-14(16-7-17(25(26,27)28)9-18(29)8-16)30-24-20-10-23(36-13-19-12-33(3)5-6-35-19)22(34-4)11-21(20)31-15(2)32-24/h7-11,14,19H,5-6,12-13,29H2,1-4H3,(H,30,31,32)/t14-,19-/m1/s1. The van der Waals surface area contributed by atoms with Gasteiger partial charge in [-0.3, -0.25) is 0 Å². The molecular formula is C25H30F3N5O3. The molecule has 1 saturated heterocycles. The lowest BCUT2D eigenvalue weighted by Crippen LogP contribution is -2.42. The number of rotatable bonds is 7. The average Bonchev–Trinajstić information content (AvgIpc) is 2.81. The molecule has 1 fully saturated rings. The van der Waals surface area contributed by atoms with E-state index in [-0.39, 0.29) is 11.8 Å². The molecule has 1 aliphatic heterocycles. The fraction of sp³-hybridized carbons (Fsp3) is 0.440. The van der Waals surface area contributed by atoms with Gasteiger partial charge >= 0.3 is 6.18 Å². The number of benzene rings is 2. The summed E-state index contributed by atoms with van der Waals surface area (Å²) >= 11 is 0. The van der Waals surface area contributed by atoms with E-state index in [0.717, 1.165) is 25.2 Å². The molecule has 8 nitrogen and oxygen atoms in total. The molecule has 1 aliphatic rings. The molecule has 2 heterocycles. The van der Waals surface area contributed by atoms with Gasteiger partial charge in [-0.25, -0.2) is 9.97 Å². The molecule has 2 aromatic carbocycles. The first-order valence-corrected chi connectivity index (χ1v) is 11.6. The number of nitrogen functional groups attached to an aromatic ring is 1. The largest absolute Gasteiger partial charge is 0.493 e. The van der Waals surface area contributed by atoms with Gasteiger partial charge in [-0.15, -0.1) is 0 Å². The van der Waals surface area contributed by atoms with E-state index in [1.807, 2.05) is 7.05 Å². The van der Waals surface area contributed by atoms with E-state index < -0.39 is 17.8 Å². The van der Waals surface area contributed by atoms with Gasteiger partial charge in [0.15, 0.2) is 11.5 Å². The molecule has 11 heteroatoms. The zero-order valence-electron chi connectivity index (χ0n) is 20.6. The topological polar surface area (TPSA) is 94.8 Å². The summed E-state index contributed by atoms with van der Waals surface area (Å²) in [5, 5.41) is 3.87. The smallest absolute Gasteiger partial charge is 0.416 e. The molecular weight excluding hydrogens is 475 g/mol. The fourth-order valence-electron chi connectivity index (χ4n) is 4.16. The van der Waals surface area contributed by atoms with Gasteiger partial charge in [0.2, 0.25) is 0 Å². The molecule has 3 aromatic rings. The van der Waals surface area contributed by atoms with Crippen molar-refractivity contribution in [1.82, 2.24) is 14.9 Å². The second kappa shape index (κ2) is 10.4. The summed E-state index contributed by atoms with van der Waals surface area (Å²) in [5.74, 6) is 1.96. The molecule has 36 heavy (non-hydrogen) atoms. The highest BCUT2D eigenvalue weighted by Crippen LogP contribution is 2.37. The van der Waals surface area contributed by atoms with Crippen LogP contribution in [0.25, 0.3) is 10.9 Å². The number of nitrogens with one attached hydrogen (secondary N) is 1. The van der Waals surface area contributed by atoms with Crippen LogP contribution in [-0.4, -0.2) is 61.4 Å². The first kappa shape index (κ1) is 25.8. The third-order valence-electron chi connectivity index (χ3n) is 6.02. The van der Waals surface area contributed by atoms with Crippen molar-refractivity contribution in [3.05, 3.63) is 47.3 Å². The number of halogens is 3. The van der Waals surface area contributed by atoms with Crippen molar-refractivity contribution < 1.29 is 27.4 Å². The number of ether oxygens (including phenoxy) is 3. The lowest BCUT2D eigenvalue weighted by molar-refractivity contribution is -0.137. The second-order valence-electron chi connectivity index (χ2n) is 8.96. The molecule has 4 rings (SSSR count). The Morgan fingerprint density at radius 1 is 1.19 bits per heavy atom. The van der Waals surface area contributed by atoms with E-state index in [1.165, 1.54) is 6.07 Å². The van der Waals surface area contributed by atoms with E-state index in [2.05, 4.69) is 20.2 Å². The van der Waals surface area contributed by atoms with E-state index in [9.17, 15) is 13.2 Å². The average molecular weight is 506 g/mol. The van der Waals surface area contributed by atoms with E-state index in [1.54, 1.807) is 33.1 Å². The zero-order chi connectivity index (χ0) is 26.0. The van der Waals surface area contributed by atoms with Crippen LogP contribution in [0, 0.1) is 6.92 Å². The Labute approximate surface area is 207 Å². The van der Waals surface area contributed by atoms with Crippen LogP contribution >= 0.6 is 0 Å². The Balaban J connectivity index is 1.65. The summed E-state index contributed by atoms with van der Waals surface area (Å²) in [4.78, 5) is 11.2. The summed E-state index contributed by atoms with van der Waals surface area (Å²) in [6, 6.07) is 6.53. The van der Waals surface area contributed by atoms with Crippen molar-refractivity contribution in [3.63, 3.8) is 0 Å². The highest BCUT2D eigenvalue weighted by molar-refractivity contribution is 5.92. The van der Waals surface area contributed by atoms with Gasteiger partial charge in [0.05, 0.1) is 30.8 Å². The van der Waals surface area contributed by atoms with Crippen LogP contribution in [0.3, 0.4) is 0 Å². The number of aryl methyl sites for hydroxylation is 1. The predicted molar refractivity (Wildman–Crippen MR) is 131 cm³/mol. The number of alkyl halides is 3. The third-order valence-corrected chi connectivity index (χ3v) is 6.02. The Morgan fingerprint density at radius 2 is 1.97 bits per heavy atom. The first-order valence-electron chi connectivity index (χ1n) is 11.6. The normalized spacial score (nSPS) is 17.7. The van der Waals surface area contributed by atoms with Gasteiger partial charge in [0, 0.05) is 30.2 Å². The third kappa shape index (κ3) is 5.90. The molecule has 0 amide bonds. The number of fused-ring (bicyclic) bond motifs is 1. The summed E-state index contributed by atoms with van der Waals surface area (Å²) in [6.45, 7) is 6.08. The van der Waals surface area contributed by atoms with Crippen LogP contribution in [0.1, 0.15) is 29.9 Å². The summed E-state index contributed by atoms with van der Waals surface area (Å²) in [6.07, 6.45) is -4.58. The number of methoxy groups -OCH3 is 1. The van der Waals surface area contributed by atoms with Crippen LogP contribution in [-0.2, 0) is 10.9 Å². The minimum atomic E-state index is -4.50. The molecule has 0 saturated carbocycles. The quantitative estimate of drug-likeness (QED) is 0.456. The number of nitrogens with zero attached hydrogens (tertiary/aromatic N) is 3. The maximum atomic E-state index is 13.3. The maximum Gasteiger partial charge on any atom is 0.416 e. The van der Waals surface area contributed by atoms with Crippen LogP contribution in [0.4, 0.5) is 24.7 Å². The van der Waals surface area contributed by atoms with Crippen molar-refractivity contribution in [1.29, 1.82) is 0 Å². The fourth-order valence-corrected chi connectivity index (χ4v) is 4.16. The van der Waals surface area contributed by atoms with Crippen LogP contribution in [0.2, 0.25) is 0 Å². The van der Waals surface area contributed by atoms with Crippen molar-refractivity contribution in [3.8, 4) is 11.5 Å². The molecule has 0 spiro atoms. The molecule has 1 aromatic heterocycles. The van der Waals surface area contributed by atoms with Gasteiger partial charge in [-0.1, -0.05) is 0 Å². The van der Waals surface area contributed by atoms with Crippen molar-refractivity contribution >= 4 is 22.4 Å². The van der Waals surface area contributed by atoms with Gasteiger partial charge < -0.3 is 30.2 Å². The highest BCUT2D eigenvalue weighted by atomic mass is 19.4. The number of likely N-dealkylation sites (N-methyl/N-ethyl adjacent to an activating group) is 1. The van der Waals surface area contributed by atoms with Gasteiger partial charge in [0.1, 0.15) is 24.4 Å². The van der Waals surface area contributed by atoms with Gasteiger partial charge in [-0.05, 0) is 50.7 Å². The Hall–Kier alpha value is -3.31. The molecule has 0 bridgehead atoms. The Bertz CT molecular complexity index is 1240. The second-order valence-corrected chi connectivity index (χ2v) is 8.96. The number of hydrogen-bond acceptors (Lipinski definition) is 8. The lowest BCUT2D eigenvalue weighted by atomic mass is 10.0. The number of anilines is 2. The summed E-state index contributed by atoms with van der Waals surface area (Å²) < 4.78 is 57.3. The molecule has 2 atom stereocenters. The van der Waals surface area contributed by atoms with Crippen LogP contribution in [0.15, 0.2) is 30.3 Å². The first-order chi connectivity index (χ1) is 17.0. The van der Waals surface area contributed by atoms with E-state index in [4.69, 9.17) is 19.9 Å². The van der Waals surface area contributed by atoms with Crippen molar-refractivity contribution in [2.24, 2.45) is 0 Å². The van der Waals surface area contributed by atoms with Crippen molar-refractivity contribution in [2.45, 2.75) is 32.2 Å². The molecule has 194 valence electrons. The lowest BCUT2D eigenvalue weighted by Gasteiger charge is -2.30. The summed E-state index contributed by atoms with van der Waals surface area (Å²) in [7, 11) is 3.58. The minimum absolute atomic E-state index is 0.0354. The van der Waals surface area contributed by atoms with Crippen molar-refractivity contribution in [2.75, 3.05) is 51.5 Å². The number of aromatic nitrogens is 2. The molecule has 0 aliphatic carbocycles. The highest BCUT2D eigenvalue weighted by Gasteiger charge is 2.31. The van der Waals surface area contributed by atoms with Crippen LogP contribution in [0.5, 0.6) is 11.5 Å². The van der Waals surface area contributed by atoms with Crippen LogP contribution < -0.4 is 20.5 Å². The van der Waals surface area contributed by atoms with E-state index >= 15 is 0 Å². The molecule has 0 unspecified atom stereocenters. The Morgan fingerprint density at radius 3 is 2.67 bits per heavy atom. The number of hydrogen-bond donors (Lipinski definition) is 2. The minimum Gasteiger partial charge on any atom is -0.493 e. The SMILES string of the molecule is COc1cc2nc(C)nc(N[C@H](C)c3cc(N)cc(C(F)(F)F)c3)c2cc1OC[C@H]1CN(C)CCO1.